The lowest BCUT2D eigenvalue weighted by Gasteiger charge is -2.28. The number of amides is 2. The van der Waals surface area contributed by atoms with Gasteiger partial charge >= 0.3 is 5.97 Å². The molecule has 0 radical (unpaired) electrons. The fourth-order valence-corrected chi connectivity index (χ4v) is 4.70. The molecule has 26 heavy (non-hydrogen) atoms. The van der Waals surface area contributed by atoms with Crippen molar-refractivity contribution in [3.05, 3.63) is 0 Å². The summed E-state index contributed by atoms with van der Waals surface area (Å²) in [5.41, 5.74) is 0.100. The van der Waals surface area contributed by atoms with Crippen LogP contribution in [0.1, 0.15) is 39.0 Å². The molecular weight excluding hydrogens is 362 g/mol. The van der Waals surface area contributed by atoms with Crippen LogP contribution >= 0.6 is 0 Å². The van der Waals surface area contributed by atoms with Gasteiger partial charge in [-0.1, -0.05) is 13.3 Å². The summed E-state index contributed by atoms with van der Waals surface area (Å²) in [6.07, 6.45) is 2.36. The Morgan fingerprint density at radius 3 is 2.65 bits per heavy atom. The first-order valence-corrected chi connectivity index (χ1v) is 10.6. The third kappa shape index (κ3) is 5.26. The van der Waals surface area contributed by atoms with Crippen LogP contribution in [0.3, 0.4) is 0 Å². The second-order valence-corrected chi connectivity index (χ2v) is 8.77. The van der Waals surface area contributed by atoms with E-state index < -0.39 is 28.3 Å². The molecule has 1 atom stereocenters. The number of hydrogen-bond acceptors (Lipinski definition) is 7. The molecule has 0 aliphatic carbocycles. The van der Waals surface area contributed by atoms with Gasteiger partial charge in [0, 0.05) is 32.5 Å². The van der Waals surface area contributed by atoms with E-state index in [1.165, 1.54) is 11.9 Å². The summed E-state index contributed by atoms with van der Waals surface area (Å²) in [6.45, 7) is 1.95. The molecule has 0 N–H and O–H groups in total. The number of sulfone groups is 1. The topological polar surface area (TPSA) is 113 Å². The Morgan fingerprint density at radius 1 is 1.35 bits per heavy atom. The summed E-state index contributed by atoms with van der Waals surface area (Å²) < 4.78 is 28.5. The zero-order valence-electron chi connectivity index (χ0n) is 15.1. The molecule has 1 saturated heterocycles. The maximum atomic E-state index is 12.5. The number of esters is 1. The van der Waals surface area contributed by atoms with Crippen LogP contribution in [0.5, 0.6) is 0 Å². The normalized spacial score (nSPS) is 22.1. The minimum absolute atomic E-state index is 0.0456. The highest BCUT2D eigenvalue weighted by molar-refractivity contribution is 7.91. The van der Waals surface area contributed by atoms with Crippen molar-refractivity contribution < 1.29 is 27.5 Å². The van der Waals surface area contributed by atoms with Crippen molar-refractivity contribution in [2.45, 2.75) is 45.1 Å². The average molecular weight is 387 g/mol. The van der Waals surface area contributed by atoms with Crippen molar-refractivity contribution in [1.82, 2.24) is 9.91 Å². The van der Waals surface area contributed by atoms with Gasteiger partial charge in [0.05, 0.1) is 11.5 Å². The van der Waals surface area contributed by atoms with E-state index in [2.05, 4.69) is 5.10 Å². The van der Waals surface area contributed by atoms with E-state index in [0.717, 1.165) is 17.9 Å². The standard InChI is InChI=1S/C16H25N3O6S/c1-3-4-8-19(12-7-9-26(23,24)11-12)15(21)10-25-16(22)13-5-6-14(20)18(2)17-13/h12H,3-11H2,1-2H3. The third-order valence-corrected chi connectivity index (χ3v) is 6.24. The van der Waals surface area contributed by atoms with E-state index in [9.17, 15) is 22.8 Å². The Bertz CT molecular complexity index is 703. The molecule has 146 valence electrons. The van der Waals surface area contributed by atoms with Gasteiger partial charge in [0.15, 0.2) is 16.4 Å². The van der Waals surface area contributed by atoms with Crippen LogP contribution in [0.4, 0.5) is 0 Å². The van der Waals surface area contributed by atoms with Gasteiger partial charge in [-0.15, -0.1) is 0 Å². The lowest BCUT2D eigenvalue weighted by molar-refractivity contribution is -0.148. The lowest BCUT2D eigenvalue weighted by atomic mass is 10.2. The van der Waals surface area contributed by atoms with Crippen molar-refractivity contribution in [2.24, 2.45) is 5.10 Å². The average Bonchev–Trinajstić information content (AvgIpc) is 2.95. The largest absolute Gasteiger partial charge is 0.451 e. The fraction of sp³-hybridized carbons (Fsp3) is 0.750. The summed E-state index contributed by atoms with van der Waals surface area (Å²) in [4.78, 5) is 37.4. The smallest absolute Gasteiger partial charge is 0.355 e. The quantitative estimate of drug-likeness (QED) is 0.566. The first kappa shape index (κ1) is 20.3. The molecule has 2 aliphatic rings. The summed E-state index contributed by atoms with van der Waals surface area (Å²) in [5, 5.41) is 4.94. The maximum Gasteiger partial charge on any atom is 0.355 e. The van der Waals surface area contributed by atoms with Crippen LogP contribution in [0.2, 0.25) is 0 Å². The van der Waals surface area contributed by atoms with Gasteiger partial charge in [0.2, 0.25) is 5.91 Å². The number of rotatable bonds is 7. The molecule has 1 fully saturated rings. The second-order valence-electron chi connectivity index (χ2n) is 6.54. The lowest BCUT2D eigenvalue weighted by Crippen LogP contribution is -2.44. The van der Waals surface area contributed by atoms with Crippen molar-refractivity contribution in [1.29, 1.82) is 0 Å². The van der Waals surface area contributed by atoms with Gasteiger partial charge in [-0.3, -0.25) is 9.59 Å². The molecule has 2 amide bonds. The van der Waals surface area contributed by atoms with E-state index in [1.54, 1.807) is 0 Å². The monoisotopic (exact) mass is 387 g/mol. The van der Waals surface area contributed by atoms with E-state index in [4.69, 9.17) is 4.74 Å². The first-order chi connectivity index (χ1) is 12.2. The van der Waals surface area contributed by atoms with Crippen molar-refractivity contribution in [3.8, 4) is 0 Å². The summed E-state index contributed by atoms with van der Waals surface area (Å²) in [5.74, 6) is -1.30. The van der Waals surface area contributed by atoms with Crippen LogP contribution in [0.15, 0.2) is 5.10 Å². The molecule has 0 aromatic heterocycles. The van der Waals surface area contributed by atoms with Crippen LogP contribution in [0.25, 0.3) is 0 Å². The minimum atomic E-state index is -3.12. The van der Waals surface area contributed by atoms with Crippen LogP contribution in [0, 0.1) is 0 Å². The highest BCUT2D eigenvalue weighted by Gasteiger charge is 2.34. The summed E-state index contributed by atoms with van der Waals surface area (Å²) in [7, 11) is -1.67. The number of hydrazone groups is 1. The second kappa shape index (κ2) is 8.61. The SMILES string of the molecule is CCCCN(C(=O)COC(=O)C1=NN(C)C(=O)CC1)C1CCS(=O)(=O)C1. The summed E-state index contributed by atoms with van der Waals surface area (Å²) in [6, 6.07) is -0.367. The van der Waals surface area contributed by atoms with Crippen molar-refractivity contribution in [2.75, 3.05) is 31.7 Å². The predicted molar refractivity (Wildman–Crippen MR) is 94.1 cm³/mol. The zero-order chi connectivity index (χ0) is 19.3. The molecule has 9 nitrogen and oxygen atoms in total. The van der Waals surface area contributed by atoms with E-state index >= 15 is 0 Å². The van der Waals surface area contributed by atoms with Crippen LogP contribution in [-0.4, -0.2) is 79.6 Å². The number of carbonyl (C=O) groups is 3. The minimum Gasteiger partial charge on any atom is -0.451 e. The van der Waals surface area contributed by atoms with E-state index in [-0.39, 0.29) is 42.0 Å². The van der Waals surface area contributed by atoms with Gasteiger partial charge in [-0.25, -0.2) is 18.2 Å². The number of ether oxygens (including phenoxy) is 1. The molecule has 0 aromatic carbocycles. The Hall–Kier alpha value is -1.97. The third-order valence-electron chi connectivity index (χ3n) is 4.49. The molecule has 0 bridgehead atoms. The van der Waals surface area contributed by atoms with Crippen molar-refractivity contribution in [3.63, 3.8) is 0 Å². The predicted octanol–water partition coefficient (Wildman–Crippen LogP) is -0.0464. The molecule has 0 aromatic rings. The molecule has 1 unspecified atom stereocenters. The van der Waals surface area contributed by atoms with Gasteiger partial charge in [0.25, 0.3) is 5.91 Å². The summed E-state index contributed by atoms with van der Waals surface area (Å²) >= 11 is 0. The van der Waals surface area contributed by atoms with Crippen molar-refractivity contribution >= 4 is 33.3 Å². The van der Waals surface area contributed by atoms with Gasteiger partial charge < -0.3 is 9.64 Å². The highest BCUT2D eigenvalue weighted by atomic mass is 32.2. The Labute approximate surface area is 153 Å². The van der Waals surface area contributed by atoms with Gasteiger partial charge in [-0.05, 0) is 12.8 Å². The Balaban J connectivity index is 1.95. The molecule has 2 aliphatic heterocycles. The number of hydrogen-bond donors (Lipinski definition) is 0. The fourth-order valence-electron chi connectivity index (χ4n) is 2.97. The molecule has 2 rings (SSSR count). The van der Waals surface area contributed by atoms with E-state index in [1.807, 2.05) is 6.92 Å². The van der Waals surface area contributed by atoms with Crippen LogP contribution < -0.4 is 0 Å². The van der Waals surface area contributed by atoms with Gasteiger partial charge in [-0.2, -0.15) is 5.10 Å². The Morgan fingerprint density at radius 2 is 2.08 bits per heavy atom. The molecular formula is C16H25N3O6S. The zero-order valence-corrected chi connectivity index (χ0v) is 16.0. The molecule has 2 heterocycles. The van der Waals surface area contributed by atoms with E-state index in [0.29, 0.717) is 13.0 Å². The number of nitrogens with zero attached hydrogens (tertiary/aromatic N) is 3. The molecule has 0 spiro atoms. The number of unbranched alkanes of at least 4 members (excludes halogenated alkanes) is 1. The number of carbonyl (C=O) groups excluding carboxylic acids is 3. The van der Waals surface area contributed by atoms with Crippen LogP contribution in [-0.2, 0) is 29.0 Å². The molecule has 10 heteroatoms. The Kier molecular flexibility index (Phi) is 6.74. The molecule has 0 saturated carbocycles. The highest BCUT2D eigenvalue weighted by Crippen LogP contribution is 2.19. The first-order valence-electron chi connectivity index (χ1n) is 8.74. The maximum absolute atomic E-state index is 12.5. The van der Waals surface area contributed by atoms with Gasteiger partial charge in [0.1, 0.15) is 5.71 Å².